The summed E-state index contributed by atoms with van der Waals surface area (Å²) in [6.45, 7) is 5.51. The van der Waals surface area contributed by atoms with E-state index in [1.807, 2.05) is 6.07 Å². The lowest BCUT2D eigenvalue weighted by atomic mass is 9.98. The summed E-state index contributed by atoms with van der Waals surface area (Å²) in [4.78, 5) is 65.0. The zero-order valence-corrected chi connectivity index (χ0v) is 23.5. The minimum absolute atomic E-state index is 0.0181. The highest BCUT2D eigenvalue weighted by Crippen LogP contribution is 2.31. The average molecular weight is 554 g/mol. The Morgan fingerprint density at radius 2 is 1.77 bits per heavy atom. The second kappa shape index (κ2) is 12.6. The van der Waals surface area contributed by atoms with E-state index in [1.165, 1.54) is 0 Å². The SMILES string of the molecule is CN[C@@H](C)C(=O)NC1CCCCC2CCC(C(=O)NCc3cccc(Nc4c(OC(C)C)c(=O)c4=O)c3)N2C1=O. The molecule has 3 unspecified atom stereocenters. The quantitative estimate of drug-likeness (QED) is 0.324. The van der Waals surface area contributed by atoms with Crippen LogP contribution in [-0.2, 0) is 20.9 Å². The van der Waals surface area contributed by atoms with Gasteiger partial charge in [0.25, 0.3) is 10.9 Å². The second-order valence-electron chi connectivity index (χ2n) is 10.9. The van der Waals surface area contributed by atoms with E-state index in [9.17, 15) is 24.0 Å². The van der Waals surface area contributed by atoms with Crippen LogP contribution in [0.3, 0.4) is 0 Å². The van der Waals surface area contributed by atoms with Crippen molar-refractivity contribution in [1.82, 2.24) is 20.9 Å². The van der Waals surface area contributed by atoms with Gasteiger partial charge in [0.05, 0.1) is 12.1 Å². The van der Waals surface area contributed by atoms with E-state index in [0.29, 0.717) is 18.5 Å². The predicted octanol–water partition coefficient (Wildman–Crippen LogP) is 1.46. The molecule has 4 N–H and O–H groups in total. The summed E-state index contributed by atoms with van der Waals surface area (Å²) in [6, 6.07) is 5.47. The minimum atomic E-state index is -0.651. The predicted molar refractivity (Wildman–Crippen MR) is 151 cm³/mol. The lowest BCUT2D eigenvalue weighted by Gasteiger charge is -2.35. The molecule has 4 rings (SSSR count). The molecule has 2 fully saturated rings. The number of rotatable bonds is 10. The van der Waals surface area contributed by atoms with Gasteiger partial charge in [0.15, 0.2) is 5.75 Å². The van der Waals surface area contributed by atoms with Gasteiger partial charge in [0.1, 0.15) is 17.8 Å². The van der Waals surface area contributed by atoms with E-state index in [2.05, 4.69) is 21.3 Å². The lowest BCUT2D eigenvalue weighted by molar-refractivity contribution is -0.144. The fourth-order valence-corrected chi connectivity index (χ4v) is 5.39. The van der Waals surface area contributed by atoms with Crippen molar-refractivity contribution in [2.45, 2.75) is 96.1 Å². The first-order chi connectivity index (χ1) is 19.1. The van der Waals surface area contributed by atoms with Gasteiger partial charge in [-0.05, 0) is 71.2 Å². The smallest absolute Gasteiger partial charge is 0.272 e. The Morgan fingerprint density at radius 1 is 1.02 bits per heavy atom. The van der Waals surface area contributed by atoms with Gasteiger partial charge in [-0.25, -0.2) is 0 Å². The van der Waals surface area contributed by atoms with E-state index in [4.69, 9.17) is 4.74 Å². The molecule has 0 spiro atoms. The maximum Gasteiger partial charge on any atom is 0.272 e. The van der Waals surface area contributed by atoms with Gasteiger partial charge in [0.2, 0.25) is 17.7 Å². The van der Waals surface area contributed by atoms with Crippen LogP contribution in [0.15, 0.2) is 33.9 Å². The van der Waals surface area contributed by atoms with Gasteiger partial charge in [0, 0.05) is 18.3 Å². The van der Waals surface area contributed by atoms with Crippen LogP contribution in [-0.4, -0.2) is 59.9 Å². The molecular formula is C29H39N5O6. The third-order valence-corrected chi connectivity index (χ3v) is 7.66. The number of hydrogen-bond acceptors (Lipinski definition) is 8. The molecule has 11 heteroatoms. The minimum Gasteiger partial charge on any atom is -0.485 e. The first kappa shape index (κ1) is 29.3. The molecule has 11 nitrogen and oxygen atoms in total. The fraction of sp³-hybridized carbons (Fsp3) is 0.552. The Bertz CT molecular complexity index is 1320. The number of benzene rings is 1. The number of carbonyl (C=O) groups is 3. The van der Waals surface area contributed by atoms with Crippen molar-refractivity contribution in [2.75, 3.05) is 12.4 Å². The fourth-order valence-electron chi connectivity index (χ4n) is 5.39. The van der Waals surface area contributed by atoms with Crippen LogP contribution in [0.4, 0.5) is 11.4 Å². The Morgan fingerprint density at radius 3 is 2.50 bits per heavy atom. The zero-order valence-electron chi connectivity index (χ0n) is 23.5. The van der Waals surface area contributed by atoms with Crippen LogP contribution < -0.4 is 36.9 Å². The van der Waals surface area contributed by atoms with E-state index in [0.717, 1.165) is 31.2 Å². The molecule has 2 aromatic carbocycles. The molecule has 4 atom stereocenters. The third-order valence-electron chi connectivity index (χ3n) is 7.66. The molecule has 0 aromatic heterocycles. The summed E-state index contributed by atoms with van der Waals surface area (Å²) in [5.74, 6) is -0.642. The number of carbonyl (C=O) groups excluding carboxylic acids is 3. The molecule has 40 heavy (non-hydrogen) atoms. The van der Waals surface area contributed by atoms with Crippen molar-refractivity contribution in [2.24, 2.45) is 0 Å². The molecule has 3 amide bonds. The highest BCUT2D eigenvalue weighted by molar-refractivity contribution is 5.93. The zero-order chi connectivity index (χ0) is 29.0. The summed E-state index contributed by atoms with van der Waals surface area (Å²) >= 11 is 0. The van der Waals surface area contributed by atoms with Crippen LogP contribution >= 0.6 is 0 Å². The van der Waals surface area contributed by atoms with E-state index in [1.54, 1.807) is 50.9 Å². The standard InChI is InChI=1S/C29H39N5O6/c1-16(2)40-26-23(24(35)25(26)36)32-19-9-7-8-18(14-19)15-31-28(38)22-13-12-20-10-5-6-11-21(29(39)34(20)22)33-27(37)17(3)30-4/h7-9,14,16-17,20-22,30,32H,5-6,10-13,15H2,1-4H3,(H,31,38)(H,33,37)/t17-,20?,21?,22?/m0/s1. The number of likely N-dealkylation sites (N-methyl/N-ethyl adjacent to an activating group) is 1. The third kappa shape index (κ3) is 6.35. The second-order valence-corrected chi connectivity index (χ2v) is 10.9. The summed E-state index contributed by atoms with van der Waals surface area (Å²) in [5, 5.41) is 11.7. The maximum absolute atomic E-state index is 13.6. The number of hydrogen-bond donors (Lipinski definition) is 4. The van der Waals surface area contributed by atoms with Crippen molar-refractivity contribution >= 4 is 29.1 Å². The molecule has 2 aliphatic rings. The van der Waals surface area contributed by atoms with Gasteiger partial charge >= 0.3 is 0 Å². The summed E-state index contributed by atoms with van der Waals surface area (Å²) in [7, 11) is 1.69. The van der Waals surface area contributed by atoms with Crippen molar-refractivity contribution < 1.29 is 19.1 Å². The Labute approximate surface area is 233 Å². The van der Waals surface area contributed by atoms with Crippen molar-refractivity contribution in [3.63, 3.8) is 0 Å². The number of nitrogens with one attached hydrogen (secondary N) is 4. The molecule has 0 aliphatic carbocycles. The monoisotopic (exact) mass is 553 g/mol. The van der Waals surface area contributed by atoms with Gasteiger partial charge < -0.3 is 30.9 Å². The number of ether oxygens (including phenoxy) is 1. The first-order valence-electron chi connectivity index (χ1n) is 14.0. The summed E-state index contributed by atoms with van der Waals surface area (Å²) in [6.07, 6.45) is 4.25. The van der Waals surface area contributed by atoms with Crippen molar-refractivity contribution in [3.05, 3.63) is 50.3 Å². The molecule has 2 saturated heterocycles. The molecule has 0 saturated carbocycles. The van der Waals surface area contributed by atoms with Crippen LogP contribution in [0, 0.1) is 0 Å². The number of nitrogens with zero attached hydrogens (tertiary/aromatic N) is 1. The first-order valence-corrected chi connectivity index (χ1v) is 14.0. The highest BCUT2D eigenvalue weighted by Gasteiger charge is 2.43. The van der Waals surface area contributed by atoms with Gasteiger partial charge in [-0.15, -0.1) is 0 Å². The van der Waals surface area contributed by atoms with E-state index < -0.39 is 29.0 Å². The van der Waals surface area contributed by atoms with Crippen LogP contribution in [0.5, 0.6) is 5.75 Å². The van der Waals surface area contributed by atoms with E-state index in [-0.39, 0.29) is 47.8 Å². The van der Waals surface area contributed by atoms with Crippen LogP contribution in [0.2, 0.25) is 0 Å². The number of fused-ring (bicyclic) bond motifs is 1. The summed E-state index contributed by atoms with van der Waals surface area (Å²) in [5.41, 5.74) is 0.215. The molecule has 2 aliphatic heterocycles. The number of amides is 3. The van der Waals surface area contributed by atoms with Crippen molar-refractivity contribution in [3.8, 4) is 5.75 Å². The molecule has 216 valence electrons. The summed E-state index contributed by atoms with van der Waals surface area (Å²) < 4.78 is 5.47. The van der Waals surface area contributed by atoms with Gasteiger partial charge in [-0.3, -0.25) is 24.0 Å². The van der Waals surface area contributed by atoms with Gasteiger partial charge in [-0.2, -0.15) is 0 Å². The largest absolute Gasteiger partial charge is 0.485 e. The Hall–Kier alpha value is -3.73. The van der Waals surface area contributed by atoms with Crippen LogP contribution in [0.1, 0.15) is 64.9 Å². The van der Waals surface area contributed by atoms with Crippen molar-refractivity contribution in [1.29, 1.82) is 0 Å². The van der Waals surface area contributed by atoms with Crippen LogP contribution in [0.25, 0.3) is 0 Å². The molecule has 2 aromatic rings. The topological polar surface area (TPSA) is 146 Å². The molecule has 0 radical (unpaired) electrons. The molecule has 0 bridgehead atoms. The number of anilines is 2. The lowest BCUT2D eigenvalue weighted by Crippen LogP contribution is -2.57. The van der Waals surface area contributed by atoms with E-state index >= 15 is 0 Å². The Kier molecular flexibility index (Phi) is 9.24. The highest BCUT2D eigenvalue weighted by atomic mass is 16.5. The molecule has 2 heterocycles. The normalized spacial score (nSPS) is 21.9. The van der Waals surface area contributed by atoms with Gasteiger partial charge in [-0.1, -0.05) is 25.0 Å². The molecular weight excluding hydrogens is 514 g/mol. The maximum atomic E-state index is 13.6. The Balaban J connectivity index is 1.41. The average Bonchev–Trinajstić information content (AvgIpc) is 3.36.